The molecule has 4 fully saturated rings. The molecular formula is C32H51N5O6. The number of nitrogens with two attached hydrogens (primary N) is 1. The van der Waals surface area contributed by atoms with Crippen LogP contribution in [0.1, 0.15) is 93.4 Å². The highest BCUT2D eigenvalue weighted by Gasteiger charge is 2.71. The van der Waals surface area contributed by atoms with Crippen molar-refractivity contribution in [1.82, 2.24) is 20.9 Å². The van der Waals surface area contributed by atoms with Crippen molar-refractivity contribution in [2.75, 3.05) is 6.54 Å². The van der Waals surface area contributed by atoms with Gasteiger partial charge in [-0.05, 0) is 53.8 Å². The zero-order chi connectivity index (χ0) is 32.0. The zero-order valence-electron chi connectivity index (χ0n) is 26.8. The molecule has 0 aromatic carbocycles. The number of urea groups is 1. The van der Waals surface area contributed by atoms with Crippen molar-refractivity contribution in [2.45, 2.75) is 118 Å². The van der Waals surface area contributed by atoms with E-state index in [1.54, 1.807) is 4.90 Å². The lowest BCUT2D eigenvalue weighted by atomic mass is 9.78. The summed E-state index contributed by atoms with van der Waals surface area (Å²) in [6.07, 6.45) is 5.70. The number of rotatable bonds is 13. The number of piperidine rings is 1. The number of fused-ring (bicyclic) bond motifs is 1. The first-order valence-corrected chi connectivity index (χ1v) is 16.1. The van der Waals surface area contributed by atoms with E-state index in [9.17, 15) is 28.8 Å². The summed E-state index contributed by atoms with van der Waals surface area (Å²) in [6.45, 7) is 13.8. The molecule has 4 aliphatic rings. The molecule has 5 N–H and O–H groups in total. The molecule has 0 aromatic rings. The van der Waals surface area contributed by atoms with Crippen molar-refractivity contribution in [3.63, 3.8) is 0 Å². The van der Waals surface area contributed by atoms with Gasteiger partial charge in [0.25, 0.3) is 5.91 Å². The number of nitrogens with zero attached hydrogens (tertiary/aromatic N) is 1. The summed E-state index contributed by atoms with van der Waals surface area (Å²) in [4.78, 5) is 80.3. The molecule has 1 saturated heterocycles. The summed E-state index contributed by atoms with van der Waals surface area (Å²) < 4.78 is 0. The van der Waals surface area contributed by atoms with Crippen molar-refractivity contribution in [1.29, 1.82) is 0 Å². The number of hydrogen-bond donors (Lipinski definition) is 4. The van der Waals surface area contributed by atoms with Crippen molar-refractivity contribution in [3.05, 3.63) is 0 Å². The number of carbonyl (C=O) groups is 6. The molecule has 2 unspecified atom stereocenters. The largest absolute Gasteiger partial charge is 0.363 e. The quantitative estimate of drug-likeness (QED) is 0.236. The number of nitrogens with one attached hydrogen (secondary N) is 3. The van der Waals surface area contributed by atoms with Gasteiger partial charge >= 0.3 is 6.03 Å². The standard InChI is InChI=1S/C32H51N5O6/c1-8-32(7)19-15-37(23(21(19)32)28(41)34-20(14-17-12-13-17)25(39)27(33)40)29(42)26(31(4,5)6)36-30(43)35-22(16(2)3)24(38)18-10-9-11-18/h16-23,26H,8-15H2,1-7H3,(H2,33,40)(H,34,41)(H2,35,36,43)/t19-,20?,21-,22-,23-,26+,32?/m0/s1. The smallest absolute Gasteiger partial charge is 0.316 e. The molecule has 4 rings (SSSR count). The van der Waals surface area contributed by atoms with Gasteiger partial charge in [-0.1, -0.05) is 74.1 Å². The maximum Gasteiger partial charge on any atom is 0.316 e. The van der Waals surface area contributed by atoms with Gasteiger partial charge in [-0.15, -0.1) is 0 Å². The maximum atomic E-state index is 14.2. The number of ketones is 2. The third-order valence-electron chi connectivity index (χ3n) is 10.6. The van der Waals surface area contributed by atoms with E-state index in [4.69, 9.17) is 5.73 Å². The average molecular weight is 602 g/mol. The molecule has 0 radical (unpaired) electrons. The van der Waals surface area contributed by atoms with Crippen LogP contribution in [0, 0.1) is 40.4 Å². The Kier molecular flexibility index (Phi) is 9.33. The number of carbonyl (C=O) groups excluding carboxylic acids is 6. The minimum atomic E-state index is -1.09. The molecule has 11 nitrogen and oxygen atoms in total. The summed E-state index contributed by atoms with van der Waals surface area (Å²) >= 11 is 0. The monoisotopic (exact) mass is 601 g/mol. The fourth-order valence-electron chi connectivity index (χ4n) is 7.14. The highest BCUT2D eigenvalue weighted by molar-refractivity contribution is 6.37. The fourth-order valence-corrected chi connectivity index (χ4v) is 7.14. The molecule has 1 aliphatic heterocycles. The highest BCUT2D eigenvalue weighted by Crippen LogP contribution is 2.67. The summed E-state index contributed by atoms with van der Waals surface area (Å²) in [5.41, 5.74) is 4.46. The van der Waals surface area contributed by atoms with Gasteiger partial charge in [-0.2, -0.15) is 0 Å². The van der Waals surface area contributed by atoms with Crippen molar-refractivity contribution >= 4 is 35.3 Å². The molecule has 3 aliphatic carbocycles. The van der Waals surface area contributed by atoms with Gasteiger partial charge in [0.05, 0.1) is 12.1 Å². The van der Waals surface area contributed by atoms with E-state index in [0.29, 0.717) is 13.0 Å². The molecular weight excluding hydrogens is 550 g/mol. The van der Waals surface area contributed by atoms with Crippen molar-refractivity contribution < 1.29 is 28.8 Å². The second-order valence-corrected chi connectivity index (χ2v) is 15.1. The number of primary amides is 1. The first-order valence-electron chi connectivity index (χ1n) is 16.1. The predicted octanol–water partition coefficient (Wildman–Crippen LogP) is 2.31. The zero-order valence-corrected chi connectivity index (χ0v) is 26.8. The number of likely N-dealkylation sites (tertiary alicyclic amines) is 1. The van der Waals surface area contributed by atoms with Crippen molar-refractivity contribution in [2.24, 2.45) is 46.2 Å². The van der Waals surface area contributed by atoms with Gasteiger partial charge in [0.1, 0.15) is 12.1 Å². The van der Waals surface area contributed by atoms with Crippen LogP contribution < -0.4 is 21.7 Å². The van der Waals surface area contributed by atoms with E-state index in [-0.39, 0.29) is 46.7 Å². The van der Waals surface area contributed by atoms with E-state index in [1.807, 2.05) is 34.6 Å². The summed E-state index contributed by atoms with van der Waals surface area (Å²) in [5, 5.41) is 8.46. The first kappa shape index (κ1) is 32.9. The van der Waals surface area contributed by atoms with Crippen LogP contribution in [-0.4, -0.2) is 70.9 Å². The molecule has 7 atom stereocenters. The lowest BCUT2D eigenvalue weighted by molar-refractivity contribution is -0.145. The van der Waals surface area contributed by atoms with E-state index in [2.05, 4.69) is 29.8 Å². The molecule has 0 bridgehead atoms. The first-order chi connectivity index (χ1) is 20.0. The Morgan fingerprint density at radius 2 is 1.60 bits per heavy atom. The summed E-state index contributed by atoms with van der Waals surface area (Å²) in [5.74, 6) is -2.66. The van der Waals surface area contributed by atoms with Crippen LogP contribution in [-0.2, 0) is 24.0 Å². The summed E-state index contributed by atoms with van der Waals surface area (Å²) in [7, 11) is 0. The molecule has 1 heterocycles. The Labute approximate surface area is 255 Å². The Morgan fingerprint density at radius 1 is 0.977 bits per heavy atom. The molecule has 43 heavy (non-hydrogen) atoms. The number of amides is 5. The number of Topliss-reactive ketones (excluding diaryl/α,β-unsaturated/α-hetero) is 2. The van der Waals surface area contributed by atoms with Gasteiger partial charge in [0, 0.05) is 12.5 Å². The minimum Gasteiger partial charge on any atom is -0.363 e. The molecule has 3 saturated carbocycles. The average Bonchev–Trinajstić information content (AvgIpc) is 3.76. The van der Waals surface area contributed by atoms with Gasteiger partial charge in [-0.25, -0.2) is 4.79 Å². The van der Waals surface area contributed by atoms with Gasteiger partial charge in [0.15, 0.2) is 5.78 Å². The van der Waals surface area contributed by atoms with E-state index in [0.717, 1.165) is 38.5 Å². The second kappa shape index (κ2) is 12.2. The van der Waals surface area contributed by atoms with Crippen LogP contribution in [0.25, 0.3) is 0 Å². The van der Waals surface area contributed by atoms with Crippen LogP contribution in [0.15, 0.2) is 0 Å². The lowest BCUT2D eigenvalue weighted by Gasteiger charge is -2.38. The summed E-state index contributed by atoms with van der Waals surface area (Å²) in [6, 6.07) is -4.10. The Hall–Kier alpha value is -2.98. The van der Waals surface area contributed by atoms with Crippen LogP contribution in [0.3, 0.4) is 0 Å². The second-order valence-electron chi connectivity index (χ2n) is 15.1. The van der Waals surface area contributed by atoms with E-state index >= 15 is 0 Å². The topological polar surface area (TPSA) is 168 Å². The van der Waals surface area contributed by atoms with E-state index in [1.165, 1.54) is 0 Å². The predicted molar refractivity (Wildman–Crippen MR) is 160 cm³/mol. The van der Waals surface area contributed by atoms with Gasteiger partial charge < -0.3 is 26.6 Å². The molecule has 5 amide bonds. The SMILES string of the molecule is CCC1(C)[C@@H]2[C@@H](C(=O)NC(CC3CC3)C(=O)C(N)=O)N(C(=O)[C@@H](NC(=O)N[C@H](C(=O)C3CCC3)C(C)C)C(C)(C)C)C[C@@H]21. The molecule has 0 spiro atoms. The third kappa shape index (κ3) is 6.75. The highest BCUT2D eigenvalue weighted by atomic mass is 16.2. The molecule has 11 heteroatoms. The van der Waals surface area contributed by atoms with Crippen molar-refractivity contribution in [3.8, 4) is 0 Å². The molecule has 240 valence electrons. The van der Waals surface area contributed by atoms with Crippen LogP contribution in [0.5, 0.6) is 0 Å². The normalized spacial score (nSPS) is 28.7. The lowest BCUT2D eigenvalue weighted by Crippen LogP contribution is -2.62. The fraction of sp³-hybridized carbons (Fsp3) is 0.812. The van der Waals surface area contributed by atoms with Crippen LogP contribution in [0.4, 0.5) is 4.79 Å². The Balaban J connectivity index is 1.53. The Bertz CT molecular complexity index is 1160. The number of hydrogen-bond acceptors (Lipinski definition) is 6. The minimum absolute atomic E-state index is 0.0245. The van der Waals surface area contributed by atoms with Crippen LogP contribution in [0.2, 0.25) is 0 Å². The van der Waals surface area contributed by atoms with Crippen LogP contribution >= 0.6 is 0 Å². The van der Waals surface area contributed by atoms with E-state index < -0.39 is 53.2 Å². The van der Waals surface area contributed by atoms with Gasteiger partial charge in [0.2, 0.25) is 17.6 Å². The third-order valence-corrected chi connectivity index (χ3v) is 10.6. The van der Waals surface area contributed by atoms with Gasteiger partial charge in [-0.3, -0.25) is 24.0 Å². The Morgan fingerprint density at radius 3 is 2.07 bits per heavy atom. The molecule has 0 aromatic heterocycles. The maximum absolute atomic E-state index is 14.2.